The monoisotopic (exact) mass is 236 g/mol. The third-order valence-corrected chi connectivity index (χ3v) is 3.50. The minimum atomic E-state index is 0.371. The van der Waals surface area contributed by atoms with E-state index in [4.69, 9.17) is 0 Å². The van der Waals surface area contributed by atoms with E-state index in [-0.39, 0.29) is 0 Å². The van der Waals surface area contributed by atoms with Gasteiger partial charge in [-0.3, -0.25) is 0 Å². The normalized spacial score (nSPS) is 19.6. The van der Waals surface area contributed by atoms with Crippen LogP contribution in [0.1, 0.15) is 57.7 Å². The highest BCUT2D eigenvalue weighted by atomic mass is 15.3. The number of fused-ring (bicyclic) bond motifs is 1. The molecule has 4 nitrogen and oxygen atoms in total. The van der Waals surface area contributed by atoms with Gasteiger partial charge in [0.2, 0.25) is 0 Å². The van der Waals surface area contributed by atoms with Crippen molar-refractivity contribution in [2.75, 3.05) is 6.54 Å². The third kappa shape index (κ3) is 2.68. The van der Waals surface area contributed by atoms with Crippen LogP contribution in [0.5, 0.6) is 0 Å². The smallest absolute Gasteiger partial charge is 0.150 e. The van der Waals surface area contributed by atoms with Gasteiger partial charge >= 0.3 is 0 Å². The Kier molecular flexibility index (Phi) is 4.15. The Bertz CT molecular complexity index is 356. The summed E-state index contributed by atoms with van der Waals surface area (Å²) >= 11 is 0. The van der Waals surface area contributed by atoms with Crippen LogP contribution in [0.25, 0.3) is 0 Å². The molecule has 0 fully saturated rings. The Hall–Kier alpha value is -0.900. The maximum absolute atomic E-state index is 4.39. The molecule has 1 atom stereocenters. The average molecular weight is 236 g/mol. The van der Waals surface area contributed by atoms with Crippen LogP contribution in [0.15, 0.2) is 0 Å². The minimum Gasteiger partial charge on any atom is -0.312 e. The molecule has 0 spiro atoms. The van der Waals surface area contributed by atoms with Gasteiger partial charge in [-0.1, -0.05) is 33.6 Å². The van der Waals surface area contributed by atoms with Gasteiger partial charge in [-0.05, 0) is 12.3 Å². The number of nitrogens with one attached hydrogen (secondary N) is 1. The largest absolute Gasteiger partial charge is 0.312 e. The highest BCUT2D eigenvalue weighted by Gasteiger charge is 2.26. The molecule has 4 heteroatoms. The van der Waals surface area contributed by atoms with Gasteiger partial charge in [-0.2, -0.15) is 0 Å². The predicted octanol–water partition coefficient (Wildman–Crippen LogP) is 2.31. The van der Waals surface area contributed by atoms with E-state index in [1.807, 2.05) is 0 Å². The zero-order chi connectivity index (χ0) is 12.3. The zero-order valence-electron chi connectivity index (χ0n) is 11.2. The van der Waals surface area contributed by atoms with Crippen molar-refractivity contribution in [3.63, 3.8) is 0 Å². The summed E-state index contributed by atoms with van der Waals surface area (Å²) < 4.78 is 2.33. The number of hydrogen-bond acceptors (Lipinski definition) is 3. The Labute approximate surface area is 104 Å². The van der Waals surface area contributed by atoms with E-state index in [0.29, 0.717) is 12.0 Å². The highest BCUT2D eigenvalue weighted by Crippen LogP contribution is 2.23. The Morgan fingerprint density at radius 2 is 2.18 bits per heavy atom. The third-order valence-electron chi connectivity index (χ3n) is 3.50. The molecule has 0 amide bonds. The van der Waals surface area contributed by atoms with Crippen molar-refractivity contribution >= 4 is 0 Å². The molecule has 1 aromatic rings. The molecule has 1 unspecified atom stereocenters. The van der Waals surface area contributed by atoms with Gasteiger partial charge in [-0.25, -0.2) is 0 Å². The number of aryl methyl sites for hydroxylation is 1. The molecule has 1 aliphatic heterocycles. The lowest BCUT2D eigenvalue weighted by Gasteiger charge is -2.27. The fourth-order valence-corrected chi connectivity index (χ4v) is 2.50. The van der Waals surface area contributed by atoms with E-state index >= 15 is 0 Å². The van der Waals surface area contributed by atoms with Crippen molar-refractivity contribution in [3.05, 3.63) is 11.6 Å². The molecule has 0 radical (unpaired) electrons. The number of nitrogens with zero attached hydrogens (tertiary/aromatic N) is 3. The van der Waals surface area contributed by atoms with Gasteiger partial charge in [0.05, 0.1) is 6.04 Å². The molecule has 1 N–H and O–H groups in total. The molecule has 96 valence electrons. The molecular formula is C13H24N4. The number of unbranched alkanes of at least 4 members (excludes halogenated alkanes) is 2. The quantitative estimate of drug-likeness (QED) is 0.798. The molecule has 1 aromatic heterocycles. The van der Waals surface area contributed by atoms with Crippen molar-refractivity contribution in [3.8, 4) is 0 Å². The van der Waals surface area contributed by atoms with Crippen LogP contribution < -0.4 is 5.32 Å². The number of aromatic nitrogens is 3. The summed E-state index contributed by atoms with van der Waals surface area (Å²) in [4.78, 5) is 0. The van der Waals surface area contributed by atoms with Crippen molar-refractivity contribution in [2.24, 2.45) is 5.92 Å². The highest BCUT2D eigenvalue weighted by molar-refractivity contribution is 5.05. The van der Waals surface area contributed by atoms with Crippen LogP contribution >= 0.6 is 0 Å². The number of rotatable bonds is 5. The molecule has 0 aromatic carbocycles. The van der Waals surface area contributed by atoms with E-state index in [1.54, 1.807) is 0 Å². The molecule has 17 heavy (non-hydrogen) atoms. The van der Waals surface area contributed by atoms with Crippen LogP contribution in [-0.2, 0) is 13.0 Å². The fraction of sp³-hybridized carbons (Fsp3) is 0.846. The van der Waals surface area contributed by atoms with Crippen molar-refractivity contribution in [1.29, 1.82) is 0 Å². The first-order chi connectivity index (χ1) is 8.24. The van der Waals surface area contributed by atoms with E-state index in [2.05, 4.69) is 40.9 Å². The molecular weight excluding hydrogens is 212 g/mol. The zero-order valence-corrected chi connectivity index (χ0v) is 11.2. The first-order valence-corrected chi connectivity index (χ1v) is 6.89. The summed E-state index contributed by atoms with van der Waals surface area (Å²) in [6.07, 6.45) is 4.85. The second kappa shape index (κ2) is 5.63. The summed E-state index contributed by atoms with van der Waals surface area (Å²) in [5.41, 5.74) is 0. The predicted molar refractivity (Wildman–Crippen MR) is 68.8 cm³/mol. The van der Waals surface area contributed by atoms with E-state index in [1.165, 1.54) is 25.1 Å². The Morgan fingerprint density at radius 3 is 2.88 bits per heavy atom. The summed E-state index contributed by atoms with van der Waals surface area (Å²) in [5.74, 6) is 2.89. The summed E-state index contributed by atoms with van der Waals surface area (Å²) in [6, 6.07) is 0.371. The van der Waals surface area contributed by atoms with Gasteiger partial charge in [0, 0.05) is 19.5 Å². The molecule has 2 rings (SSSR count). The molecule has 1 aliphatic rings. The minimum absolute atomic E-state index is 0.371. The van der Waals surface area contributed by atoms with E-state index in [9.17, 15) is 0 Å². The van der Waals surface area contributed by atoms with E-state index in [0.717, 1.165) is 25.3 Å². The SMILES string of the molecule is CCCCCc1nnc2n1CCNC2C(C)C. The van der Waals surface area contributed by atoms with Crippen LogP contribution in [-0.4, -0.2) is 21.3 Å². The lowest BCUT2D eigenvalue weighted by Crippen LogP contribution is -2.37. The second-order valence-electron chi connectivity index (χ2n) is 5.26. The molecule has 0 saturated heterocycles. The summed E-state index contributed by atoms with van der Waals surface area (Å²) in [5, 5.41) is 12.3. The Balaban J connectivity index is 2.11. The Morgan fingerprint density at radius 1 is 1.35 bits per heavy atom. The van der Waals surface area contributed by atoms with Gasteiger partial charge in [0.25, 0.3) is 0 Å². The van der Waals surface area contributed by atoms with Gasteiger partial charge < -0.3 is 9.88 Å². The molecule has 0 bridgehead atoms. The number of hydrogen-bond donors (Lipinski definition) is 1. The maximum atomic E-state index is 4.39. The van der Waals surface area contributed by atoms with Crippen LogP contribution in [0, 0.1) is 5.92 Å². The molecule has 0 aliphatic carbocycles. The van der Waals surface area contributed by atoms with Gasteiger partial charge in [-0.15, -0.1) is 10.2 Å². The fourth-order valence-electron chi connectivity index (χ4n) is 2.50. The average Bonchev–Trinajstić information content (AvgIpc) is 2.72. The van der Waals surface area contributed by atoms with Crippen LogP contribution in [0.2, 0.25) is 0 Å². The maximum Gasteiger partial charge on any atom is 0.150 e. The standard InChI is InChI=1S/C13H24N4/c1-4-5-6-7-11-15-16-13-12(10(2)3)14-8-9-17(11)13/h10,12,14H,4-9H2,1-3H3. The lowest BCUT2D eigenvalue weighted by molar-refractivity contribution is 0.334. The first-order valence-electron chi connectivity index (χ1n) is 6.89. The van der Waals surface area contributed by atoms with Crippen molar-refractivity contribution in [1.82, 2.24) is 20.1 Å². The first kappa shape index (κ1) is 12.6. The summed E-state index contributed by atoms with van der Waals surface area (Å²) in [6.45, 7) is 8.76. The van der Waals surface area contributed by atoms with E-state index < -0.39 is 0 Å². The van der Waals surface area contributed by atoms with Crippen LogP contribution in [0.4, 0.5) is 0 Å². The molecule has 2 heterocycles. The van der Waals surface area contributed by atoms with Gasteiger partial charge in [0.1, 0.15) is 5.82 Å². The topological polar surface area (TPSA) is 42.7 Å². The lowest BCUT2D eigenvalue weighted by atomic mass is 10.0. The summed E-state index contributed by atoms with van der Waals surface area (Å²) in [7, 11) is 0. The molecule has 0 saturated carbocycles. The van der Waals surface area contributed by atoms with Crippen molar-refractivity contribution < 1.29 is 0 Å². The second-order valence-corrected chi connectivity index (χ2v) is 5.26. The van der Waals surface area contributed by atoms with Crippen LogP contribution in [0.3, 0.4) is 0 Å². The van der Waals surface area contributed by atoms with Crippen molar-refractivity contribution in [2.45, 2.75) is 59.0 Å². The van der Waals surface area contributed by atoms with Gasteiger partial charge in [0.15, 0.2) is 5.82 Å².